The Balaban J connectivity index is 2.05. The van der Waals surface area contributed by atoms with Gasteiger partial charge in [-0.2, -0.15) is 0 Å². The average Bonchev–Trinajstić information content (AvgIpc) is 3.05. The van der Waals surface area contributed by atoms with Gasteiger partial charge in [-0.25, -0.2) is 0 Å². The number of carbonyl (C=O) groups is 1. The van der Waals surface area contributed by atoms with Crippen LogP contribution in [0.15, 0.2) is 0 Å². The molecule has 18 heavy (non-hydrogen) atoms. The summed E-state index contributed by atoms with van der Waals surface area (Å²) in [6, 6.07) is 0. The van der Waals surface area contributed by atoms with Crippen molar-refractivity contribution in [2.45, 2.75) is 71.5 Å². The summed E-state index contributed by atoms with van der Waals surface area (Å²) in [5.41, 5.74) is -0.147. The highest BCUT2D eigenvalue weighted by Gasteiger charge is 2.58. The van der Waals surface area contributed by atoms with Crippen molar-refractivity contribution in [2.24, 2.45) is 11.8 Å². The van der Waals surface area contributed by atoms with E-state index in [4.69, 9.17) is 0 Å². The van der Waals surface area contributed by atoms with Crippen molar-refractivity contribution in [1.82, 2.24) is 10.2 Å². The van der Waals surface area contributed by atoms with E-state index >= 15 is 0 Å². The lowest BCUT2D eigenvalue weighted by Gasteiger charge is -2.28. The molecular formula is C15H28N2O. The molecule has 0 aromatic rings. The Kier molecular flexibility index (Phi) is 4.00. The molecule has 1 heterocycles. The first-order valence-corrected chi connectivity index (χ1v) is 7.61. The van der Waals surface area contributed by atoms with E-state index in [1.807, 2.05) is 0 Å². The molecular weight excluding hydrogens is 224 g/mol. The fraction of sp³-hybridized carbons (Fsp3) is 0.933. The van der Waals surface area contributed by atoms with E-state index < -0.39 is 0 Å². The second kappa shape index (κ2) is 5.20. The van der Waals surface area contributed by atoms with E-state index in [9.17, 15) is 4.79 Å². The summed E-state index contributed by atoms with van der Waals surface area (Å²) >= 11 is 0. The van der Waals surface area contributed by atoms with E-state index in [-0.39, 0.29) is 11.7 Å². The zero-order valence-electron chi connectivity index (χ0n) is 12.3. The third-order valence-electron chi connectivity index (χ3n) is 4.54. The number of hydrogen-bond donors (Lipinski definition) is 1. The summed E-state index contributed by atoms with van der Waals surface area (Å²) in [5.74, 6) is 1.66. The minimum atomic E-state index is -0.147. The Morgan fingerprint density at radius 1 is 1.33 bits per heavy atom. The Labute approximate surface area is 111 Å². The standard InChI is InChI=1S/C15H28N2O/c1-5-12(6-2)10-17-13(9-11(3)4)16-15(7-8-15)14(17)18/h11-13,16H,5-10H2,1-4H3. The highest BCUT2D eigenvalue weighted by atomic mass is 16.2. The average molecular weight is 252 g/mol. The molecule has 0 aromatic heterocycles. The smallest absolute Gasteiger partial charge is 0.244 e. The fourth-order valence-electron chi connectivity index (χ4n) is 3.03. The van der Waals surface area contributed by atoms with Gasteiger partial charge in [-0.3, -0.25) is 10.1 Å². The maximum Gasteiger partial charge on any atom is 0.244 e. The van der Waals surface area contributed by atoms with Gasteiger partial charge in [0.2, 0.25) is 5.91 Å². The topological polar surface area (TPSA) is 32.3 Å². The number of nitrogens with one attached hydrogen (secondary N) is 1. The zero-order chi connectivity index (χ0) is 13.3. The van der Waals surface area contributed by atoms with Gasteiger partial charge in [0.05, 0.1) is 11.7 Å². The number of rotatable bonds is 6. The molecule has 3 nitrogen and oxygen atoms in total. The fourth-order valence-corrected chi connectivity index (χ4v) is 3.03. The predicted molar refractivity (Wildman–Crippen MR) is 74.1 cm³/mol. The van der Waals surface area contributed by atoms with Gasteiger partial charge in [-0.1, -0.05) is 40.5 Å². The molecule has 3 heteroatoms. The van der Waals surface area contributed by atoms with Gasteiger partial charge in [0.1, 0.15) is 0 Å². The molecule has 1 unspecified atom stereocenters. The largest absolute Gasteiger partial charge is 0.325 e. The minimum absolute atomic E-state index is 0.147. The van der Waals surface area contributed by atoms with Gasteiger partial charge >= 0.3 is 0 Å². The van der Waals surface area contributed by atoms with E-state index in [2.05, 4.69) is 37.9 Å². The van der Waals surface area contributed by atoms with E-state index in [0.29, 0.717) is 17.7 Å². The second-order valence-corrected chi connectivity index (χ2v) is 6.51. The molecule has 1 aliphatic carbocycles. The van der Waals surface area contributed by atoms with Crippen molar-refractivity contribution in [3.05, 3.63) is 0 Å². The van der Waals surface area contributed by atoms with Gasteiger partial charge in [0.15, 0.2) is 0 Å². The molecule has 1 N–H and O–H groups in total. The van der Waals surface area contributed by atoms with Crippen LogP contribution in [0.2, 0.25) is 0 Å². The molecule has 1 amide bonds. The molecule has 1 saturated heterocycles. The third kappa shape index (κ3) is 2.56. The molecule has 1 aliphatic heterocycles. The summed E-state index contributed by atoms with van der Waals surface area (Å²) in [5, 5.41) is 3.60. The van der Waals surface area contributed by atoms with Crippen LogP contribution in [0.5, 0.6) is 0 Å². The number of carbonyl (C=O) groups excluding carboxylic acids is 1. The number of nitrogens with zero attached hydrogens (tertiary/aromatic N) is 1. The van der Waals surface area contributed by atoms with Gasteiger partial charge < -0.3 is 4.90 Å². The summed E-state index contributed by atoms with van der Waals surface area (Å²) < 4.78 is 0. The van der Waals surface area contributed by atoms with Crippen molar-refractivity contribution in [1.29, 1.82) is 0 Å². The monoisotopic (exact) mass is 252 g/mol. The Morgan fingerprint density at radius 3 is 2.39 bits per heavy atom. The maximum absolute atomic E-state index is 12.5. The van der Waals surface area contributed by atoms with Gasteiger partial charge in [0.25, 0.3) is 0 Å². The summed E-state index contributed by atoms with van der Waals surface area (Å²) in [6.07, 6.45) is 5.78. The van der Waals surface area contributed by atoms with E-state index in [1.165, 1.54) is 12.8 Å². The SMILES string of the molecule is CCC(CC)CN1C(=O)C2(CC2)NC1CC(C)C. The van der Waals surface area contributed by atoms with Crippen LogP contribution in [0.1, 0.15) is 59.8 Å². The lowest BCUT2D eigenvalue weighted by Crippen LogP contribution is -2.41. The van der Waals surface area contributed by atoms with Crippen LogP contribution in [0.3, 0.4) is 0 Å². The van der Waals surface area contributed by atoms with Crippen LogP contribution >= 0.6 is 0 Å². The van der Waals surface area contributed by atoms with Crippen molar-refractivity contribution in [3.63, 3.8) is 0 Å². The van der Waals surface area contributed by atoms with E-state index in [0.717, 1.165) is 25.8 Å². The van der Waals surface area contributed by atoms with Crippen molar-refractivity contribution >= 4 is 5.91 Å². The van der Waals surface area contributed by atoms with Crippen molar-refractivity contribution in [2.75, 3.05) is 6.54 Å². The van der Waals surface area contributed by atoms with Crippen LogP contribution in [0.25, 0.3) is 0 Å². The van der Waals surface area contributed by atoms with E-state index in [1.54, 1.807) is 0 Å². The quantitative estimate of drug-likeness (QED) is 0.788. The molecule has 2 rings (SSSR count). The first-order valence-electron chi connectivity index (χ1n) is 7.61. The lowest BCUT2D eigenvalue weighted by atomic mass is 10.0. The Hall–Kier alpha value is -0.570. The highest BCUT2D eigenvalue weighted by molar-refractivity contribution is 5.91. The molecule has 0 bridgehead atoms. The molecule has 2 fully saturated rings. The third-order valence-corrected chi connectivity index (χ3v) is 4.54. The van der Waals surface area contributed by atoms with Crippen LogP contribution in [0, 0.1) is 11.8 Å². The van der Waals surface area contributed by atoms with Crippen LogP contribution in [0.4, 0.5) is 0 Å². The molecule has 1 atom stereocenters. The van der Waals surface area contributed by atoms with Crippen LogP contribution < -0.4 is 5.32 Å². The van der Waals surface area contributed by atoms with Crippen molar-refractivity contribution < 1.29 is 4.79 Å². The minimum Gasteiger partial charge on any atom is -0.325 e. The molecule has 104 valence electrons. The van der Waals surface area contributed by atoms with Gasteiger partial charge in [-0.05, 0) is 31.1 Å². The second-order valence-electron chi connectivity index (χ2n) is 6.51. The Bertz CT molecular complexity index is 306. The molecule has 1 spiro atoms. The maximum atomic E-state index is 12.5. The predicted octanol–water partition coefficient (Wildman–Crippen LogP) is 2.76. The summed E-state index contributed by atoms with van der Waals surface area (Å²) in [6.45, 7) is 9.87. The first-order chi connectivity index (χ1) is 8.52. The van der Waals surface area contributed by atoms with Gasteiger partial charge in [-0.15, -0.1) is 0 Å². The molecule has 2 aliphatic rings. The van der Waals surface area contributed by atoms with Crippen molar-refractivity contribution in [3.8, 4) is 0 Å². The first kappa shape index (κ1) is 13.9. The van der Waals surface area contributed by atoms with Crippen LogP contribution in [-0.2, 0) is 4.79 Å². The zero-order valence-corrected chi connectivity index (χ0v) is 12.3. The number of amides is 1. The lowest BCUT2D eigenvalue weighted by molar-refractivity contribution is -0.131. The molecule has 0 aromatic carbocycles. The molecule has 0 radical (unpaired) electrons. The highest BCUT2D eigenvalue weighted by Crippen LogP contribution is 2.43. The normalized spacial score (nSPS) is 25.8. The Morgan fingerprint density at radius 2 is 1.94 bits per heavy atom. The van der Waals surface area contributed by atoms with Crippen LogP contribution in [-0.4, -0.2) is 29.1 Å². The summed E-state index contributed by atoms with van der Waals surface area (Å²) in [4.78, 5) is 14.7. The number of hydrogen-bond acceptors (Lipinski definition) is 2. The van der Waals surface area contributed by atoms with Gasteiger partial charge in [0, 0.05) is 6.54 Å². The molecule has 1 saturated carbocycles. The summed E-state index contributed by atoms with van der Waals surface area (Å²) in [7, 11) is 0.